The summed E-state index contributed by atoms with van der Waals surface area (Å²) in [6, 6.07) is 0.528. The number of carbonyl (C=O) groups excluding carboxylic acids is 1. The van der Waals surface area contributed by atoms with Crippen molar-refractivity contribution in [3.8, 4) is 0 Å². The van der Waals surface area contributed by atoms with Gasteiger partial charge in [0.15, 0.2) is 0 Å². The molecule has 0 spiro atoms. The summed E-state index contributed by atoms with van der Waals surface area (Å²) in [5, 5.41) is 13.4. The molecule has 1 aromatic rings. The predicted octanol–water partition coefficient (Wildman–Crippen LogP) is 1.04. The Hall–Kier alpha value is -1.40. The van der Waals surface area contributed by atoms with Crippen molar-refractivity contribution in [3.05, 3.63) is 11.4 Å². The van der Waals surface area contributed by atoms with Gasteiger partial charge in [-0.2, -0.15) is 5.10 Å². The molecule has 1 saturated heterocycles. The van der Waals surface area contributed by atoms with Crippen molar-refractivity contribution in [3.63, 3.8) is 0 Å². The van der Waals surface area contributed by atoms with Crippen molar-refractivity contribution in [2.75, 3.05) is 31.5 Å². The number of carbonyl (C=O) groups is 1. The number of nitrogens with one attached hydrogen (secondary N) is 3. The van der Waals surface area contributed by atoms with Gasteiger partial charge in [-0.05, 0) is 39.8 Å². The van der Waals surface area contributed by atoms with E-state index in [2.05, 4.69) is 32.7 Å². The number of hydrogen-bond donors (Lipinski definition) is 3. The van der Waals surface area contributed by atoms with Crippen LogP contribution in [0.3, 0.4) is 0 Å². The van der Waals surface area contributed by atoms with Crippen LogP contribution < -0.4 is 10.6 Å². The van der Waals surface area contributed by atoms with Gasteiger partial charge in [0.2, 0.25) is 5.91 Å². The molecule has 0 aromatic carbocycles. The Kier molecular flexibility index (Phi) is 5.14. The first kappa shape index (κ1) is 15.0. The highest BCUT2D eigenvalue weighted by Crippen LogP contribution is 2.16. The first-order chi connectivity index (χ1) is 9.60. The minimum Gasteiger partial charge on any atom is -0.322 e. The average Bonchev–Trinajstić information content (AvgIpc) is 3.03. The SMILES string of the molecule is CCN(CC(=O)Nc1c(C)n[nH]c1C)CC1CCCN1. The second-order valence-corrected chi connectivity index (χ2v) is 5.48. The lowest BCUT2D eigenvalue weighted by Gasteiger charge is -2.23. The molecule has 1 amide bonds. The highest BCUT2D eigenvalue weighted by atomic mass is 16.2. The first-order valence-corrected chi connectivity index (χ1v) is 7.37. The van der Waals surface area contributed by atoms with E-state index in [-0.39, 0.29) is 5.91 Å². The lowest BCUT2D eigenvalue weighted by Crippen LogP contribution is -2.41. The number of anilines is 1. The molecule has 0 aliphatic carbocycles. The fourth-order valence-corrected chi connectivity index (χ4v) is 2.65. The van der Waals surface area contributed by atoms with E-state index >= 15 is 0 Å². The number of H-pyrrole nitrogens is 1. The van der Waals surface area contributed by atoms with Crippen molar-refractivity contribution < 1.29 is 4.79 Å². The standard InChI is InChI=1S/C14H25N5O/c1-4-19(8-12-6-5-7-15-12)9-13(20)16-14-10(2)17-18-11(14)3/h12,15H,4-9H2,1-3H3,(H,16,20)(H,17,18). The molecular weight excluding hydrogens is 254 g/mol. The van der Waals surface area contributed by atoms with Gasteiger partial charge >= 0.3 is 0 Å². The molecule has 2 rings (SSSR count). The lowest BCUT2D eigenvalue weighted by molar-refractivity contribution is -0.117. The first-order valence-electron chi connectivity index (χ1n) is 7.37. The number of aryl methyl sites for hydroxylation is 2. The summed E-state index contributed by atoms with van der Waals surface area (Å²) >= 11 is 0. The molecule has 0 saturated carbocycles. The van der Waals surface area contributed by atoms with Crippen LogP contribution in [0.5, 0.6) is 0 Å². The van der Waals surface area contributed by atoms with Crippen LogP contribution in [0.15, 0.2) is 0 Å². The quantitative estimate of drug-likeness (QED) is 0.727. The van der Waals surface area contributed by atoms with Crippen LogP contribution in [0.4, 0.5) is 5.69 Å². The number of aromatic nitrogens is 2. The van der Waals surface area contributed by atoms with Crippen LogP contribution >= 0.6 is 0 Å². The monoisotopic (exact) mass is 279 g/mol. The molecule has 6 heteroatoms. The van der Waals surface area contributed by atoms with Gasteiger partial charge in [-0.15, -0.1) is 0 Å². The van der Waals surface area contributed by atoms with Crippen molar-refractivity contribution in [2.24, 2.45) is 0 Å². The van der Waals surface area contributed by atoms with E-state index in [0.29, 0.717) is 12.6 Å². The van der Waals surface area contributed by atoms with Gasteiger partial charge < -0.3 is 10.6 Å². The summed E-state index contributed by atoms with van der Waals surface area (Å²) in [4.78, 5) is 14.3. The number of amides is 1. The second-order valence-electron chi connectivity index (χ2n) is 5.48. The summed E-state index contributed by atoms with van der Waals surface area (Å²) < 4.78 is 0. The van der Waals surface area contributed by atoms with Crippen LogP contribution in [-0.4, -0.2) is 53.2 Å². The van der Waals surface area contributed by atoms with Crippen molar-refractivity contribution >= 4 is 11.6 Å². The third-order valence-corrected chi connectivity index (χ3v) is 3.85. The second kappa shape index (κ2) is 6.85. The zero-order valence-electron chi connectivity index (χ0n) is 12.6. The Labute approximate surface area is 120 Å². The van der Waals surface area contributed by atoms with Gasteiger partial charge in [0, 0.05) is 12.6 Å². The largest absolute Gasteiger partial charge is 0.322 e. The molecule has 6 nitrogen and oxygen atoms in total. The van der Waals surface area contributed by atoms with Gasteiger partial charge in [0.25, 0.3) is 0 Å². The zero-order chi connectivity index (χ0) is 14.5. The highest BCUT2D eigenvalue weighted by molar-refractivity contribution is 5.93. The zero-order valence-corrected chi connectivity index (χ0v) is 12.6. The molecule has 20 heavy (non-hydrogen) atoms. The summed E-state index contributed by atoms with van der Waals surface area (Å²) in [5.41, 5.74) is 2.54. The Morgan fingerprint density at radius 1 is 1.50 bits per heavy atom. The summed E-state index contributed by atoms with van der Waals surface area (Å²) in [6.45, 7) is 9.24. The molecule has 1 fully saturated rings. The van der Waals surface area contributed by atoms with Crippen LogP contribution in [-0.2, 0) is 4.79 Å². The van der Waals surface area contributed by atoms with E-state index in [1.54, 1.807) is 0 Å². The van der Waals surface area contributed by atoms with Crippen LogP contribution in [0.2, 0.25) is 0 Å². The van der Waals surface area contributed by atoms with E-state index in [9.17, 15) is 4.79 Å². The topological polar surface area (TPSA) is 73.0 Å². The fourth-order valence-electron chi connectivity index (χ4n) is 2.65. The number of likely N-dealkylation sites (N-methyl/N-ethyl adjacent to an activating group) is 1. The highest BCUT2D eigenvalue weighted by Gasteiger charge is 2.19. The van der Waals surface area contributed by atoms with Gasteiger partial charge in [0.1, 0.15) is 0 Å². The van der Waals surface area contributed by atoms with Gasteiger partial charge in [-0.25, -0.2) is 0 Å². The summed E-state index contributed by atoms with van der Waals surface area (Å²) in [6.07, 6.45) is 2.44. The normalized spacial score (nSPS) is 18.7. The lowest BCUT2D eigenvalue weighted by atomic mass is 10.2. The van der Waals surface area contributed by atoms with Crippen molar-refractivity contribution in [2.45, 2.75) is 39.7 Å². The van der Waals surface area contributed by atoms with E-state index in [4.69, 9.17) is 0 Å². The maximum absolute atomic E-state index is 12.1. The van der Waals surface area contributed by atoms with Gasteiger partial charge in [-0.1, -0.05) is 6.92 Å². The fraction of sp³-hybridized carbons (Fsp3) is 0.714. The van der Waals surface area contributed by atoms with Gasteiger partial charge in [-0.3, -0.25) is 14.8 Å². The third kappa shape index (κ3) is 3.80. The van der Waals surface area contributed by atoms with E-state index in [1.165, 1.54) is 12.8 Å². The molecule has 2 heterocycles. The summed E-state index contributed by atoms with van der Waals surface area (Å²) in [5.74, 6) is 0.0254. The molecule has 1 unspecified atom stereocenters. The Balaban J connectivity index is 1.85. The molecule has 1 aliphatic heterocycles. The summed E-state index contributed by atoms with van der Waals surface area (Å²) in [7, 11) is 0. The van der Waals surface area contributed by atoms with Gasteiger partial charge in [0.05, 0.1) is 23.6 Å². The van der Waals surface area contributed by atoms with E-state index < -0.39 is 0 Å². The molecule has 3 N–H and O–H groups in total. The molecule has 0 bridgehead atoms. The number of aromatic amines is 1. The minimum absolute atomic E-state index is 0.0254. The third-order valence-electron chi connectivity index (χ3n) is 3.85. The molecule has 1 aromatic heterocycles. The Morgan fingerprint density at radius 2 is 2.30 bits per heavy atom. The van der Waals surface area contributed by atoms with E-state index in [1.807, 2.05) is 13.8 Å². The molecule has 0 radical (unpaired) electrons. The minimum atomic E-state index is 0.0254. The van der Waals surface area contributed by atoms with E-state index in [0.717, 1.165) is 36.7 Å². The molecular formula is C14H25N5O. The Bertz CT molecular complexity index is 431. The maximum Gasteiger partial charge on any atom is 0.238 e. The maximum atomic E-state index is 12.1. The van der Waals surface area contributed by atoms with Crippen molar-refractivity contribution in [1.82, 2.24) is 20.4 Å². The molecule has 1 atom stereocenters. The average molecular weight is 279 g/mol. The Morgan fingerprint density at radius 3 is 2.85 bits per heavy atom. The van der Waals surface area contributed by atoms with Crippen molar-refractivity contribution in [1.29, 1.82) is 0 Å². The molecule has 112 valence electrons. The predicted molar refractivity (Wildman–Crippen MR) is 79.8 cm³/mol. The number of hydrogen-bond acceptors (Lipinski definition) is 4. The van der Waals surface area contributed by atoms with Crippen LogP contribution in [0.25, 0.3) is 0 Å². The molecule has 1 aliphatic rings. The smallest absolute Gasteiger partial charge is 0.238 e. The van der Waals surface area contributed by atoms with Crippen LogP contribution in [0.1, 0.15) is 31.2 Å². The number of rotatable bonds is 6. The van der Waals surface area contributed by atoms with Crippen LogP contribution in [0, 0.1) is 13.8 Å². The number of nitrogens with zero attached hydrogens (tertiary/aromatic N) is 2.